The van der Waals surface area contributed by atoms with E-state index in [4.69, 9.17) is 18.0 Å². The summed E-state index contributed by atoms with van der Waals surface area (Å²) in [6.45, 7) is 9.60. The molecule has 0 unspecified atom stereocenters. The molecular weight excluding hydrogens is 410 g/mol. The molecule has 4 aromatic heterocycles. The molecule has 0 N–H and O–H groups in total. The number of aryl methyl sites for hydroxylation is 4. The standard InChI is InChI=1S/C10H9NO2.C8H10O3.C6H8O.CH4/c1-8-4-5-9(13-8)10(12)11-6-2-3-7-11;1-3-10-8(9)7-5-4-6(2)11-7;1-5-3-4-6(2)7-5;/h2-7H,1H3;4-5H,3H2,1-2H3;3-4H,1-2H3;1H4. The van der Waals surface area contributed by atoms with E-state index in [2.05, 4.69) is 0 Å². The normalized spacial score (nSPS) is 9.53. The van der Waals surface area contributed by atoms with E-state index in [9.17, 15) is 9.59 Å². The van der Waals surface area contributed by atoms with E-state index in [0.717, 1.165) is 17.3 Å². The summed E-state index contributed by atoms with van der Waals surface area (Å²) in [5.74, 6) is 3.52. The number of esters is 1. The van der Waals surface area contributed by atoms with Gasteiger partial charge in [0.1, 0.15) is 23.0 Å². The molecule has 0 atom stereocenters. The third-order valence-electron chi connectivity index (χ3n) is 3.88. The first-order chi connectivity index (χ1) is 14.8. The van der Waals surface area contributed by atoms with Crippen molar-refractivity contribution in [2.24, 2.45) is 0 Å². The lowest BCUT2D eigenvalue weighted by Gasteiger charge is -1.96. The molecule has 0 spiro atoms. The second-order valence-electron chi connectivity index (χ2n) is 6.59. The number of aromatic nitrogens is 1. The molecule has 0 aromatic carbocycles. The van der Waals surface area contributed by atoms with Crippen molar-refractivity contribution in [1.82, 2.24) is 4.57 Å². The lowest BCUT2D eigenvalue weighted by Crippen LogP contribution is -2.07. The fraction of sp³-hybridized carbons (Fsp3) is 0.280. The predicted octanol–water partition coefficient (Wildman–Crippen LogP) is 6.38. The van der Waals surface area contributed by atoms with Crippen molar-refractivity contribution in [3.8, 4) is 0 Å². The monoisotopic (exact) mass is 441 g/mol. The van der Waals surface area contributed by atoms with Crippen LogP contribution in [0.2, 0.25) is 0 Å². The van der Waals surface area contributed by atoms with E-state index in [1.807, 2.05) is 32.9 Å². The minimum absolute atomic E-state index is 0. The van der Waals surface area contributed by atoms with Crippen molar-refractivity contribution in [3.63, 3.8) is 0 Å². The van der Waals surface area contributed by atoms with Crippen molar-refractivity contribution < 1.29 is 27.6 Å². The molecule has 0 aliphatic carbocycles. The molecule has 0 aliphatic rings. The zero-order chi connectivity index (χ0) is 22.8. The Balaban J connectivity index is 0.000000247. The summed E-state index contributed by atoms with van der Waals surface area (Å²) in [4.78, 5) is 22.5. The SMILES string of the molecule is C.CCOC(=O)c1ccc(C)o1.Cc1ccc(C(=O)n2cccc2)o1.Cc1ccc(C)o1. The summed E-state index contributed by atoms with van der Waals surface area (Å²) >= 11 is 0. The lowest BCUT2D eigenvalue weighted by atomic mass is 10.4. The van der Waals surface area contributed by atoms with Crippen molar-refractivity contribution in [3.05, 3.63) is 95.5 Å². The summed E-state index contributed by atoms with van der Waals surface area (Å²) in [5.41, 5.74) is 0. The maximum atomic E-state index is 11.6. The average Bonchev–Trinajstić information content (AvgIpc) is 3.52. The first-order valence-electron chi connectivity index (χ1n) is 9.80. The third-order valence-corrected chi connectivity index (χ3v) is 3.88. The highest BCUT2D eigenvalue weighted by molar-refractivity contribution is 5.93. The predicted molar refractivity (Wildman–Crippen MR) is 122 cm³/mol. The molecule has 7 heteroatoms. The van der Waals surface area contributed by atoms with Crippen LogP contribution in [0.25, 0.3) is 0 Å². The summed E-state index contributed by atoms with van der Waals surface area (Å²) in [6, 6.07) is 14.3. The minimum Gasteiger partial charge on any atom is -0.467 e. The molecular formula is C25H31NO6. The van der Waals surface area contributed by atoms with E-state index in [1.165, 1.54) is 4.57 Å². The number of ether oxygens (including phenoxy) is 1. The fourth-order valence-corrected chi connectivity index (χ4v) is 2.45. The van der Waals surface area contributed by atoms with Gasteiger partial charge in [0, 0.05) is 12.4 Å². The molecule has 7 nitrogen and oxygen atoms in total. The van der Waals surface area contributed by atoms with Crippen LogP contribution in [0.4, 0.5) is 0 Å². The van der Waals surface area contributed by atoms with Crippen LogP contribution in [0.3, 0.4) is 0 Å². The number of carbonyl (C=O) groups is 2. The van der Waals surface area contributed by atoms with Gasteiger partial charge in [0.05, 0.1) is 6.61 Å². The smallest absolute Gasteiger partial charge is 0.374 e. The Kier molecular flexibility index (Phi) is 10.6. The highest BCUT2D eigenvalue weighted by atomic mass is 16.5. The van der Waals surface area contributed by atoms with Crippen LogP contribution in [0.1, 0.15) is 58.5 Å². The highest BCUT2D eigenvalue weighted by Gasteiger charge is 2.10. The van der Waals surface area contributed by atoms with Crippen molar-refractivity contribution >= 4 is 11.9 Å². The number of hydrogen-bond acceptors (Lipinski definition) is 6. The van der Waals surface area contributed by atoms with Crippen LogP contribution in [0, 0.1) is 27.7 Å². The van der Waals surface area contributed by atoms with Crippen molar-refractivity contribution in [2.75, 3.05) is 6.61 Å². The van der Waals surface area contributed by atoms with Gasteiger partial charge in [-0.05, 0) is 83.1 Å². The van der Waals surface area contributed by atoms with Crippen LogP contribution < -0.4 is 0 Å². The Labute approximate surface area is 188 Å². The van der Waals surface area contributed by atoms with Gasteiger partial charge in [-0.25, -0.2) is 4.79 Å². The topological polar surface area (TPSA) is 87.7 Å². The Morgan fingerprint density at radius 1 is 0.750 bits per heavy atom. The number of furan rings is 3. The zero-order valence-corrected chi connectivity index (χ0v) is 18.4. The average molecular weight is 442 g/mol. The van der Waals surface area contributed by atoms with Gasteiger partial charge >= 0.3 is 5.97 Å². The zero-order valence-electron chi connectivity index (χ0n) is 18.4. The molecule has 32 heavy (non-hydrogen) atoms. The molecule has 4 aromatic rings. The quantitative estimate of drug-likeness (QED) is 0.343. The molecule has 172 valence electrons. The molecule has 0 saturated carbocycles. The van der Waals surface area contributed by atoms with Gasteiger partial charge in [0.25, 0.3) is 5.91 Å². The number of rotatable bonds is 3. The van der Waals surface area contributed by atoms with Crippen LogP contribution in [-0.4, -0.2) is 23.1 Å². The molecule has 0 aliphatic heterocycles. The molecule has 0 bridgehead atoms. The van der Waals surface area contributed by atoms with Gasteiger partial charge < -0.3 is 18.0 Å². The van der Waals surface area contributed by atoms with Gasteiger partial charge in [-0.2, -0.15) is 0 Å². The largest absolute Gasteiger partial charge is 0.467 e. The minimum atomic E-state index is -0.402. The van der Waals surface area contributed by atoms with Crippen molar-refractivity contribution in [1.29, 1.82) is 0 Å². The van der Waals surface area contributed by atoms with E-state index >= 15 is 0 Å². The van der Waals surface area contributed by atoms with Crippen LogP contribution in [0.15, 0.2) is 74.2 Å². The van der Waals surface area contributed by atoms with E-state index in [0.29, 0.717) is 18.1 Å². The molecule has 0 saturated heterocycles. The van der Waals surface area contributed by atoms with E-state index in [-0.39, 0.29) is 19.1 Å². The number of nitrogens with zero attached hydrogens (tertiary/aromatic N) is 1. The molecule has 4 heterocycles. The van der Waals surface area contributed by atoms with Gasteiger partial charge in [0.15, 0.2) is 5.76 Å². The fourth-order valence-electron chi connectivity index (χ4n) is 2.45. The Morgan fingerprint density at radius 2 is 1.19 bits per heavy atom. The van der Waals surface area contributed by atoms with E-state index in [1.54, 1.807) is 62.6 Å². The second-order valence-corrected chi connectivity index (χ2v) is 6.59. The number of carbonyl (C=O) groups excluding carboxylic acids is 2. The maximum Gasteiger partial charge on any atom is 0.374 e. The second kappa shape index (κ2) is 12.8. The molecule has 0 fully saturated rings. The third kappa shape index (κ3) is 8.18. The maximum absolute atomic E-state index is 11.6. The summed E-state index contributed by atoms with van der Waals surface area (Å²) in [5, 5.41) is 0. The molecule has 0 radical (unpaired) electrons. The van der Waals surface area contributed by atoms with Gasteiger partial charge in [-0.15, -0.1) is 0 Å². The summed E-state index contributed by atoms with van der Waals surface area (Å²) in [6.07, 6.45) is 3.39. The van der Waals surface area contributed by atoms with Gasteiger partial charge in [-0.1, -0.05) is 7.43 Å². The Bertz CT molecular complexity index is 1070. The Morgan fingerprint density at radius 3 is 1.56 bits per heavy atom. The van der Waals surface area contributed by atoms with Crippen LogP contribution in [-0.2, 0) is 4.74 Å². The van der Waals surface area contributed by atoms with Gasteiger partial charge in [0.2, 0.25) is 5.76 Å². The van der Waals surface area contributed by atoms with Crippen LogP contribution in [0.5, 0.6) is 0 Å². The number of hydrogen-bond donors (Lipinski definition) is 0. The van der Waals surface area contributed by atoms with E-state index < -0.39 is 5.97 Å². The van der Waals surface area contributed by atoms with Crippen LogP contribution >= 0.6 is 0 Å². The lowest BCUT2D eigenvalue weighted by molar-refractivity contribution is 0.0488. The first kappa shape index (κ1) is 26.3. The summed E-state index contributed by atoms with van der Waals surface area (Å²) in [7, 11) is 0. The molecule has 4 rings (SSSR count). The van der Waals surface area contributed by atoms with Crippen molar-refractivity contribution in [2.45, 2.75) is 42.0 Å². The Hall–Kier alpha value is -3.74. The van der Waals surface area contributed by atoms with Gasteiger partial charge in [-0.3, -0.25) is 9.36 Å². The molecule has 0 amide bonds. The first-order valence-corrected chi connectivity index (χ1v) is 9.80. The highest BCUT2D eigenvalue weighted by Crippen LogP contribution is 2.09. The summed E-state index contributed by atoms with van der Waals surface area (Å²) < 4.78 is 21.5.